The first-order chi connectivity index (χ1) is 12.2. The maximum Gasteiger partial charge on any atom is 0.417 e. The molecule has 5 nitrogen and oxygen atoms in total. The highest BCUT2D eigenvalue weighted by Gasteiger charge is 2.36. The molecule has 9 heteroatoms. The number of alkyl halides is 3. The fourth-order valence-corrected chi connectivity index (χ4v) is 5.30. The Morgan fingerprint density at radius 2 is 1.88 bits per heavy atom. The summed E-state index contributed by atoms with van der Waals surface area (Å²) >= 11 is 0. The molecule has 0 radical (unpaired) electrons. The predicted octanol–water partition coefficient (Wildman–Crippen LogP) is 2.73. The normalized spacial score (nSPS) is 23.1. The predicted molar refractivity (Wildman–Crippen MR) is 88.7 cm³/mol. The lowest BCUT2D eigenvalue weighted by Gasteiger charge is -2.34. The molecule has 0 amide bonds. The first-order valence-electron chi connectivity index (χ1n) is 8.58. The molecule has 1 unspecified atom stereocenters. The van der Waals surface area contributed by atoms with Crippen molar-refractivity contribution in [3.05, 3.63) is 29.3 Å². The summed E-state index contributed by atoms with van der Waals surface area (Å²) in [7, 11) is -3.91. The monoisotopic (exact) mass is 387 g/mol. The van der Waals surface area contributed by atoms with Crippen LogP contribution in [0.25, 0.3) is 0 Å². The maximum absolute atomic E-state index is 12.9. The van der Waals surface area contributed by atoms with Crippen LogP contribution >= 0.6 is 0 Å². The Bertz CT molecular complexity index is 804. The van der Waals surface area contributed by atoms with Crippen molar-refractivity contribution < 1.29 is 21.6 Å². The summed E-state index contributed by atoms with van der Waals surface area (Å²) in [4.78, 5) is -0.264. The third-order valence-corrected chi connectivity index (χ3v) is 7.12. The van der Waals surface area contributed by atoms with Crippen molar-refractivity contribution in [1.82, 2.24) is 9.62 Å². The van der Waals surface area contributed by atoms with Gasteiger partial charge in [-0.05, 0) is 56.3 Å². The Hall–Kier alpha value is -1.63. The third-order valence-electron chi connectivity index (χ3n) is 5.22. The molecule has 2 heterocycles. The van der Waals surface area contributed by atoms with Crippen molar-refractivity contribution in [2.45, 2.75) is 42.8 Å². The van der Waals surface area contributed by atoms with E-state index in [1.165, 1.54) is 10.4 Å². The Morgan fingerprint density at radius 1 is 1.19 bits per heavy atom. The standard InChI is InChI=1S/C17H20F3N3O2S/c18-17(19,20)15-4-3-14(10-13(15)11-21)26(24,25)23-8-5-12(6-9-23)16-2-1-7-22-16/h3-4,10,12,16,22H,1-2,5-9H2. The van der Waals surface area contributed by atoms with Crippen LogP contribution in [0.5, 0.6) is 0 Å². The number of piperidine rings is 1. The number of hydrogen-bond acceptors (Lipinski definition) is 4. The first kappa shape index (κ1) is 19.1. The molecule has 0 bridgehead atoms. The minimum Gasteiger partial charge on any atom is -0.314 e. The van der Waals surface area contributed by atoms with Gasteiger partial charge in [-0.1, -0.05) is 0 Å². The summed E-state index contributed by atoms with van der Waals surface area (Å²) in [6.45, 7) is 1.67. The van der Waals surface area contributed by atoms with Crippen LogP contribution in [0, 0.1) is 17.2 Å². The van der Waals surface area contributed by atoms with E-state index in [0.717, 1.165) is 44.4 Å². The van der Waals surface area contributed by atoms with Crippen LogP contribution < -0.4 is 5.32 Å². The SMILES string of the molecule is N#Cc1cc(S(=O)(=O)N2CCC(C3CCCN3)CC2)ccc1C(F)(F)F. The maximum atomic E-state index is 12.9. The van der Waals surface area contributed by atoms with Gasteiger partial charge >= 0.3 is 6.18 Å². The molecule has 1 N–H and O–H groups in total. The van der Waals surface area contributed by atoms with Crippen molar-refractivity contribution in [1.29, 1.82) is 5.26 Å². The molecule has 2 aliphatic heterocycles. The van der Waals surface area contributed by atoms with E-state index < -0.39 is 27.3 Å². The van der Waals surface area contributed by atoms with Crippen molar-refractivity contribution >= 4 is 10.0 Å². The van der Waals surface area contributed by atoms with Gasteiger partial charge in [0, 0.05) is 19.1 Å². The zero-order chi connectivity index (χ0) is 18.9. The van der Waals surface area contributed by atoms with Crippen molar-refractivity contribution in [2.24, 2.45) is 5.92 Å². The number of rotatable bonds is 3. The van der Waals surface area contributed by atoms with E-state index >= 15 is 0 Å². The summed E-state index contributed by atoms with van der Waals surface area (Å²) in [6, 6.07) is 4.30. The zero-order valence-corrected chi connectivity index (χ0v) is 14.9. The van der Waals surface area contributed by atoms with Crippen LogP contribution in [-0.4, -0.2) is 38.4 Å². The molecule has 0 spiro atoms. The average Bonchev–Trinajstić information content (AvgIpc) is 3.15. The van der Waals surface area contributed by atoms with Crippen LogP contribution in [0.4, 0.5) is 13.2 Å². The van der Waals surface area contributed by atoms with Crippen molar-refractivity contribution in [3.63, 3.8) is 0 Å². The van der Waals surface area contributed by atoms with Gasteiger partial charge in [-0.2, -0.15) is 22.7 Å². The Labute approximate surface area is 150 Å². The van der Waals surface area contributed by atoms with E-state index in [2.05, 4.69) is 5.32 Å². The second-order valence-corrected chi connectivity index (χ2v) is 8.70. The van der Waals surface area contributed by atoms with Crippen LogP contribution in [0.1, 0.15) is 36.8 Å². The van der Waals surface area contributed by atoms with Gasteiger partial charge in [-0.25, -0.2) is 8.42 Å². The zero-order valence-electron chi connectivity index (χ0n) is 14.1. The molecule has 1 aromatic rings. The molecule has 142 valence electrons. The highest BCUT2D eigenvalue weighted by atomic mass is 32.2. The molecule has 2 aliphatic rings. The number of halogens is 3. The van der Waals surface area contributed by atoms with E-state index in [0.29, 0.717) is 31.1 Å². The van der Waals surface area contributed by atoms with E-state index in [-0.39, 0.29) is 4.90 Å². The van der Waals surface area contributed by atoms with Gasteiger partial charge in [-0.3, -0.25) is 0 Å². The Kier molecular flexibility index (Phi) is 5.28. The van der Waals surface area contributed by atoms with E-state index in [1.54, 1.807) is 0 Å². The van der Waals surface area contributed by atoms with E-state index in [9.17, 15) is 21.6 Å². The number of nitriles is 1. The molecular weight excluding hydrogens is 367 g/mol. The highest BCUT2D eigenvalue weighted by Crippen LogP contribution is 2.34. The summed E-state index contributed by atoms with van der Waals surface area (Å²) in [5.41, 5.74) is -1.80. The number of benzene rings is 1. The largest absolute Gasteiger partial charge is 0.417 e. The molecule has 0 aromatic heterocycles. The first-order valence-corrected chi connectivity index (χ1v) is 10.0. The second kappa shape index (κ2) is 7.18. The third kappa shape index (κ3) is 3.72. The highest BCUT2D eigenvalue weighted by molar-refractivity contribution is 7.89. The molecule has 1 atom stereocenters. The van der Waals surface area contributed by atoms with Gasteiger partial charge < -0.3 is 5.32 Å². The second-order valence-electron chi connectivity index (χ2n) is 6.76. The molecule has 1 aromatic carbocycles. The van der Waals surface area contributed by atoms with E-state index in [4.69, 9.17) is 5.26 Å². The summed E-state index contributed by atoms with van der Waals surface area (Å²) in [6.07, 6.45) is -1.02. The van der Waals surface area contributed by atoms with Gasteiger partial charge in [0.1, 0.15) is 0 Å². The topological polar surface area (TPSA) is 73.2 Å². The van der Waals surface area contributed by atoms with Crippen molar-refractivity contribution in [2.75, 3.05) is 19.6 Å². The van der Waals surface area contributed by atoms with Gasteiger partial charge in [0.2, 0.25) is 10.0 Å². The van der Waals surface area contributed by atoms with Crippen molar-refractivity contribution in [3.8, 4) is 6.07 Å². The van der Waals surface area contributed by atoms with Gasteiger partial charge in [0.15, 0.2) is 0 Å². The van der Waals surface area contributed by atoms with Gasteiger partial charge in [0.25, 0.3) is 0 Å². The Morgan fingerprint density at radius 3 is 2.42 bits per heavy atom. The minimum atomic E-state index is -4.69. The minimum absolute atomic E-state index is 0.264. The lowest BCUT2D eigenvalue weighted by molar-refractivity contribution is -0.137. The van der Waals surface area contributed by atoms with Crippen LogP contribution in [-0.2, 0) is 16.2 Å². The van der Waals surface area contributed by atoms with Crippen LogP contribution in [0.15, 0.2) is 23.1 Å². The average molecular weight is 387 g/mol. The molecular formula is C17H20F3N3O2S. The fraction of sp³-hybridized carbons (Fsp3) is 0.588. The number of nitrogens with one attached hydrogen (secondary N) is 1. The number of hydrogen-bond donors (Lipinski definition) is 1. The van der Waals surface area contributed by atoms with Gasteiger partial charge in [0.05, 0.1) is 22.1 Å². The van der Waals surface area contributed by atoms with Crippen LogP contribution in [0.2, 0.25) is 0 Å². The summed E-state index contributed by atoms with van der Waals surface area (Å²) in [5, 5.41) is 12.4. The lowest BCUT2D eigenvalue weighted by Crippen LogP contribution is -2.43. The van der Waals surface area contributed by atoms with E-state index in [1.807, 2.05) is 0 Å². The molecule has 2 fully saturated rings. The quantitative estimate of drug-likeness (QED) is 0.866. The molecule has 3 rings (SSSR count). The molecule has 0 aliphatic carbocycles. The fourth-order valence-electron chi connectivity index (χ4n) is 3.80. The number of nitrogens with zero attached hydrogens (tertiary/aromatic N) is 2. The van der Waals surface area contributed by atoms with Crippen LogP contribution in [0.3, 0.4) is 0 Å². The molecule has 26 heavy (non-hydrogen) atoms. The summed E-state index contributed by atoms with van der Waals surface area (Å²) in [5.74, 6) is 0.422. The Balaban J connectivity index is 1.77. The lowest BCUT2D eigenvalue weighted by atomic mass is 9.89. The van der Waals surface area contributed by atoms with Gasteiger partial charge in [-0.15, -0.1) is 0 Å². The smallest absolute Gasteiger partial charge is 0.314 e. The molecule has 0 saturated carbocycles. The number of sulfonamides is 1. The summed E-state index contributed by atoms with van der Waals surface area (Å²) < 4.78 is 65.5. The molecule has 2 saturated heterocycles.